The Balaban J connectivity index is 1.53. The average molecular weight is 473 g/mol. The number of hydrogen-bond donors (Lipinski definition) is 1. The van der Waals surface area contributed by atoms with E-state index >= 15 is 0 Å². The third-order valence-electron chi connectivity index (χ3n) is 5.26. The summed E-state index contributed by atoms with van der Waals surface area (Å²) in [7, 11) is -2.39. The Morgan fingerprint density at radius 3 is 2.03 bits per heavy atom. The summed E-state index contributed by atoms with van der Waals surface area (Å²) in [6.07, 6.45) is 0. The minimum Gasteiger partial charge on any atom is -0.457 e. The van der Waals surface area contributed by atoms with Crippen LogP contribution in [0.4, 0.5) is 11.4 Å². The Kier molecular flexibility index (Phi) is 6.65. The van der Waals surface area contributed by atoms with Gasteiger partial charge in [0.2, 0.25) is 0 Å². The van der Waals surface area contributed by atoms with Crippen LogP contribution in [0.2, 0.25) is 0 Å². The number of aryl methyl sites for hydroxylation is 1. The Hall–Kier alpha value is -4.10. The standard InChI is InChI=1S/C27H24N2O4S/c1-20-12-18-24(19-13-20)34(31,32)29(2)26-11-7-6-10-25(26)27(30)28-21-14-16-23(17-15-21)33-22-8-4-3-5-9-22/h3-19H,1-2H3,(H,28,30). The normalized spacial score (nSPS) is 11.0. The number of rotatable bonds is 7. The molecule has 172 valence electrons. The lowest BCUT2D eigenvalue weighted by Crippen LogP contribution is -2.29. The van der Waals surface area contributed by atoms with E-state index in [0.29, 0.717) is 17.2 Å². The molecule has 4 rings (SSSR count). The summed E-state index contributed by atoms with van der Waals surface area (Å²) in [5, 5.41) is 2.83. The number of carbonyl (C=O) groups is 1. The zero-order valence-corrected chi connectivity index (χ0v) is 19.6. The first-order valence-electron chi connectivity index (χ1n) is 10.6. The fourth-order valence-corrected chi connectivity index (χ4v) is 4.58. The number of sulfonamides is 1. The Morgan fingerprint density at radius 1 is 0.765 bits per heavy atom. The lowest BCUT2D eigenvalue weighted by atomic mass is 10.1. The SMILES string of the molecule is Cc1ccc(S(=O)(=O)N(C)c2ccccc2C(=O)Nc2ccc(Oc3ccccc3)cc2)cc1. The molecule has 6 nitrogen and oxygen atoms in total. The van der Waals surface area contributed by atoms with E-state index in [1.54, 1.807) is 72.8 Å². The van der Waals surface area contributed by atoms with Crippen LogP contribution in [0.5, 0.6) is 11.5 Å². The molecule has 0 radical (unpaired) electrons. The van der Waals surface area contributed by atoms with Crippen molar-refractivity contribution < 1.29 is 17.9 Å². The largest absolute Gasteiger partial charge is 0.457 e. The second-order valence-corrected chi connectivity index (χ2v) is 9.67. The first-order chi connectivity index (χ1) is 16.3. The van der Waals surface area contributed by atoms with Gasteiger partial charge in [-0.1, -0.05) is 48.0 Å². The number of benzene rings is 4. The number of ether oxygens (including phenoxy) is 1. The summed E-state index contributed by atoms with van der Waals surface area (Å²) in [4.78, 5) is 13.2. The molecule has 0 aliphatic carbocycles. The lowest BCUT2D eigenvalue weighted by molar-refractivity contribution is 0.102. The van der Waals surface area contributed by atoms with E-state index in [1.165, 1.54) is 7.05 Å². The van der Waals surface area contributed by atoms with Gasteiger partial charge in [0, 0.05) is 12.7 Å². The minimum atomic E-state index is -3.84. The van der Waals surface area contributed by atoms with Crippen molar-refractivity contribution in [2.45, 2.75) is 11.8 Å². The van der Waals surface area contributed by atoms with E-state index in [4.69, 9.17) is 4.74 Å². The Labute approximate surface area is 199 Å². The summed E-state index contributed by atoms with van der Waals surface area (Å²) < 4.78 is 33.2. The van der Waals surface area contributed by atoms with Crippen LogP contribution in [0.15, 0.2) is 108 Å². The zero-order valence-electron chi connectivity index (χ0n) is 18.8. The molecular weight excluding hydrogens is 448 g/mol. The monoisotopic (exact) mass is 472 g/mol. The summed E-state index contributed by atoms with van der Waals surface area (Å²) in [6.45, 7) is 1.89. The first kappa shape index (κ1) is 23.1. The zero-order chi connectivity index (χ0) is 24.1. The maximum atomic E-state index is 13.1. The molecule has 4 aromatic rings. The van der Waals surface area contributed by atoms with Gasteiger partial charge in [-0.05, 0) is 67.6 Å². The van der Waals surface area contributed by atoms with Crippen molar-refractivity contribution >= 4 is 27.3 Å². The topological polar surface area (TPSA) is 75.7 Å². The highest BCUT2D eigenvalue weighted by Gasteiger charge is 2.25. The van der Waals surface area contributed by atoms with Crippen molar-refractivity contribution in [2.24, 2.45) is 0 Å². The molecule has 1 N–H and O–H groups in total. The third-order valence-corrected chi connectivity index (χ3v) is 7.04. The molecule has 34 heavy (non-hydrogen) atoms. The van der Waals surface area contributed by atoms with Crippen LogP contribution in [-0.2, 0) is 10.0 Å². The fraction of sp³-hybridized carbons (Fsp3) is 0.0741. The highest BCUT2D eigenvalue weighted by molar-refractivity contribution is 7.92. The van der Waals surface area contributed by atoms with Crippen LogP contribution < -0.4 is 14.4 Å². The molecule has 0 saturated carbocycles. The average Bonchev–Trinajstić information content (AvgIpc) is 2.85. The van der Waals surface area contributed by atoms with E-state index < -0.39 is 15.9 Å². The molecule has 1 amide bonds. The quantitative estimate of drug-likeness (QED) is 0.365. The molecule has 0 atom stereocenters. The maximum absolute atomic E-state index is 13.1. The van der Waals surface area contributed by atoms with Gasteiger partial charge in [-0.25, -0.2) is 8.42 Å². The van der Waals surface area contributed by atoms with Crippen molar-refractivity contribution in [3.05, 3.63) is 114 Å². The molecule has 0 aliphatic heterocycles. The minimum absolute atomic E-state index is 0.157. The third kappa shape index (κ3) is 5.10. The molecular formula is C27H24N2O4S. The molecule has 0 aliphatic rings. The van der Waals surface area contributed by atoms with E-state index in [1.807, 2.05) is 37.3 Å². The molecule has 0 unspecified atom stereocenters. The number of hydrogen-bond acceptors (Lipinski definition) is 4. The van der Waals surface area contributed by atoms with Crippen molar-refractivity contribution in [2.75, 3.05) is 16.7 Å². The number of nitrogens with one attached hydrogen (secondary N) is 1. The molecule has 0 spiro atoms. The molecule has 4 aromatic carbocycles. The number of anilines is 2. The summed E-state index contributed by atoms with van der Waals surface area (Å²) in [6, 6.07) is 29.5. The lowest BCUT2D eigenvalue weighted by Gasteiger charge is -2.22. The fourth-order valence-electron chi connectivity index (χ4n) is 3.37. The predicted octanol–water partition coefficient (Wildman–Crippen LogP) is 5.86. The van der Waals surface area contributed by atoms with Gasteiger partial charge in [0.15, 0.2) is 0 Å². The summed E-state index contributed by atoms with van der Waals surface area (Å²) in [5.41, 5.74) is 2.04. The highest BCUT2D eigenvalue weighted by atomic mass is 32.2. The smallest absolute Gasteiger partial charge is 0.264 e. The van der Waals surface area contributed by atoms with Crippen LogP contribution in [0.3, 0.4) is 0 Å². The summed E-state index contributed by atoms with van der Waals surface area (Å²) >= 11 is 0. The molecule has 7 heteroatoms. The van der Waals surface area contributed by atoms with Gasteiger partial charge < -0.3 is 10.1 Å². The second-order valence-electron chi connectivity index (χ2n) is 7.70. The molecule has 0 aromatic heterocycles. The van der Waals surface area contributed by atoms with Crippen molar-refractivity contribution in [3.8, 4) is 11.5 Å². The molecule has 0 bridgehead atoms. The van der Waals surface area contributed by atoms with E-state index in [9.17, 15) is 13.2 Å². The van der Waals surface area contributed by atoms with Crippen LogP contribution >= 0.6 is 0 Å². The van der Waals surface area contributed by atoms with Crippen LogP contribution in [0.1, 0.15) is 15.9 Å². The Morgan fingerprint density at radius 2 is 1.35 bits per heavy atom. The highest BCUT2D eigenvalue weighted by Crippen LogP contribution is 2.27. The molecule has 0 saturated heterocycles. The molecule has 0 fully saturated rings. The second kappa shape index (κ2) is 9.80. The number of carbonyl (C=O) groups excluding carboxylic acids is 1. The van der Waals surface area contributed by atoms with Crippen LogP contribution in [-0.4, -0.2) is 21.4 Å². The summed E-state index contributed by atoms with van der Waals surface area (Å²) in [5.74, 6) is 0.929. The van der Waals surface area contributed by atoms with Crippen LogP contribution in [0, 0.1) is 6.92 Å². The Bertz CT molecular complexity index is 1390. The van der Waals surface area contributed by atoms with Crippen molar-refractivity contribution in [1.82, 2.24) is 0 Å². The van der Waals surface area contributed by atoms with E-state index in [-0.39, 0.29) is 16.1 Å². The van der Waals surface area contributed by atoms with Gasteiger partial charge >= 0.3 is 0 Å². The van der Waals surface area contributed by atoms with Gasteiger partial charge in [-0.2, -0.15) is 0 Å². The van der Waals surface area contributed by atoms with Crippen LogP contribution in [0.25, 0.3) is 0 Å². The maximum Gasteiger partial charge on any atom is 0.264 e. The van der Waals surface area contributed by atoms with Gasteiger partial charge in [0.25, 0.3) is 15.9 Å². The van der Waals surface area contributed by atoms with Crippen molar-refractivity contribution in [1.29, 1.82) is 0 Å². The van der Waals surface area contributed by atoms with Gasteiger partial charge in [0.05, 0.1) is 16.1 Å². The predicted molar refractivity (Wildman–Crippen MR) is 134 cm³/mol. The van der Waals surface area contributed by atoms with Crippen molar-refractivity contribution in [3.63, 3.8) is 0 Å². The van der Waals surface area contributed by atoms with Gasteiger partial charge in [-0.3, -0.25) is 9.10 Å². The first-order valence-corrected chi connectivity index (χ1v) is 12.1. The van der Waals surface area contributed by atoms with Gasteiger partial charge in [0.1, 0.15) is 11.5 Å². The molecule has 0 heterocycles. The number of amides is 1. The van der Waals surface area contributed by atoms with Gasteiger partial charge in [-0.15, -0.1) is 0 Å². The van der Waals surface area contributed by atoms with E-state index in [2.05, 4.69) is 5.32 Å². The van der Waals surface area contributed by atoms with E-state index in [0.717, 1.165) is 9.87 Å². The number of nitrogens with zero attached hydrogens (tertiary/aromatic N) is 1. The number of para-hydroxylation sites is 2.